The third kappa shape index (κ3) is 2.27. The molecule has 0 saturated heterocycles. The Balaban J connectivity index is 2.50. The smallest absolute Gasteiger partial charge is 0.316 e. The highest BCUT2D eigenvalue weighted by atomic mass is 32.2. The van der Waals surface area contributed by atoms with Crippen molar-refractivity contribution in [2.75, 3.05) is 0 Å². The van der Waals surface area contributed by atoms with Crippen LogP contribution >= 0.6 is 11.8 Å². The molecule has 60 valence electrons. The van der Waals surface area contributed by atoms with Gasteiger partial charge < -0.3 is 10.1 Å². The molecule has 0 aliphatic carbocycles. The lowest BCUT2D eigenvalue weighted by Gasteiger charge is -2.00. The Morgan fingerprint density at radius 2 is 2.64 bits per heavy atom. The van der Waals surface area contributed by atoms with Gasteiger partial charge in [0.1, 0.15) is 5.25 Å². The first kappa shape index (κ1) is 8.13. The predicted molar refractivity (Wildman–Crippen MR) is 41.5 cm³/mol. The Kier molecular flexibility index (Phi) is 2.53. The predicted octanol–water partition coefficient (Wildman–Crippen LogP) is 0.975. The molecule has 0 spiro atoms. The van der Waals surface area contributed by atoms with E-state index in [9.17, 15) is 4.79 Å². The SMILES string of the molecule is CC(Sc1ncc[nH]1)C(=O)O. The first-order chi connectivity index (χ1) is 5.20. The van der Waals surface area contributed by atoms with Crippen LogP contribution in [0.1, 0.15) is 6.92 Å². The summed E-state index contributed by atoms with van der Waals surface area (Å²) < 4.78 is 0. The van der Waals surface area contributed by atoms with Crippen LogP contribution in [-0.2, 0) is 4.79 Å². The molecular weight excluding hydrogens is 164 g/mol. The van der Waals surface area contributed by atoms with E-state index in [-0.39, 0.29) is 0 Å². The molecule has 1 unspecified atom stereocenters. The molecule has 0 aliphatic heterocycles. The van der Waals surface area contributed by atoms with Gasteiger partial charge in [-0.05, 0) is 6.92 Å². The highest BCUT2D eigenvalue weighted by Crippen LogP contribution is 2.18. The topological polar surface area (TPSA) is 66.0 Å². The van der Waals surface area contributed by atoms with E-state index in [1.165, 1.54) is 11.8 Å². The number of aromatic nitrogens is 2. The molecular formula is C6H8N2O2S. The standard InChI is InChI=1S/C6H8N2O2S/c1-4(5(9)10)11-6-7-2-3-8-6/h2-4H,1H3,(H,7,8)(H,9,10). The number of carboxylic acids is 1. The van der Waals surface area contributed by atoms with Gasteiger partial charge in [-0.15, -0.1) is 0 Å². The van der Waals surface area contributed by atoms with E-state index >= 15 is 0 Å². The molecule has 0 fully saturated rings. The molecule has 11 heavy (non-hydrogen) atoms. The molecule has 1 atom stereocenters. The summed E-state index contributed by atoms with van der Waals surface area (Å²) in [5.41, 5.74) is 0. The molecule has 1 aromatic rings. The van der Waals surface area contributed by atoms with Crippen LogP contribution < -0.4 is 0 Å². The van der Waals surface area contributed by atoms with E-state index in [4.69, 9.17) is 5.11 Å². The van der Waals surface area contributed by atoms with Crippen molar-refractivity contribution in [2.45, 2.75) is 17.3 Å². The van der Waals surface area contributed by atoms with Gasteiger partial charge in [0.15, 0.2) is 5.16 Å². The van der Waals surface area contributed by atoms with Crippen LogP contribution in [0.3, 0.4) is 0 Å². The fourth-order valence-corrected chi connectivity index (χ4v) is 1.23. The summed E-state index contributed by atoms with van der Waals surface area (Å²) in [4.78, 5) is 17.1. The normalized spacial score (nSPS) is 12.8. The van der Waals surface area contributed by atoms with Crippen molar-refractivity contribution >= 4 is 17.7 Å². The number of hydrogen-bond acceptors (Lipinski definition) is 3. The van der Waals surface area contributed by atoms with Crippen molar-refractivity contribution in [3.05, 3.63) is 12.4 Å². The van der Waals surface area contributed by atoms with Crippen LogP contribution in [-0.4, -0.2) is 26.3 Å². The average molecular weight is 172 g/mol. The summed E-state index contributed by atoms with van der Waals surface area (Å²) >= 11 is 1.19. The third-order valence-electron chi connectivity index (χ3n) is 1.11. The molecule has 0 bridgehead atoms. The molecule has 4 nitrogen and oxygen atoms in total. The Morgan fingerprint density at radius 1 is 1.91 bits per heavy atom. The van der Waals surface area contributed by atoms with Gasteiger partial charge in [0.2, 0.25) is 0 Å². The van der Waals surface area contributed by atoms with Crippen molar-refractivity contribution in [3.8, 4) is 0 Å². The Labute approximate surface area is 68.0 Å². The molecule has 2 N–H and O–H groups in total. The summed E-state index contributed by atoms with van der Waals surface area (Å²) in [6.45, 7) is 1.62. The number of H-pyrrole nitrogens is 1. The number of carbonyl (C=O) groups is 1. The van der Waals surface area contributed by atoms with Crippen molar-refractivity contribution in [1.82, 2.24) is 9.97 Å². The van der Waals surface area contributed by atoms with Crippen molar-refractivity contribution in [2.24, 2.45) is 0 Å². The number of aliphatic carboxylic acids is 1. The lowest BCUT2D eigenvalue weighted by atomic mass is 10.5. The monoisotopic (exact) mass is 172 g/mol. The average Bonchev–Trinajstić information content (AvgIpc) is 2.39. The maximum Gasteiger partial charge on any atom is 0.316 e. The van der Waals surface area contributed by atoms with Gasteiger partial charge in [-0.2, -0.15) is 0 Å². The lowest BCUT2D eigenvalue weighted by Crippen LogP contribution is -2.11. The summed E-state index contributed by atoms with van der Waals surface area (Å²) in [6.07, 6.45) is 3.26. The van der Waals surface area contributed by atoms with Crippen LogP contribution in [0.25, 0.3) is 0 Å². The number of nitrogens with one attached hydrogen (secondary N) is 1. The molecule has 1 rings (SSSR count). The van der Waals surface area contributed by atoms with Gasteiger partial charge in [-0.25, -0.2) is 4.98 Å². The number of imidazole rings is 1. The molecule has 0 amide bonds. The maximum atomic E-state index is 10.4. The van der Waals surface area contributed by atoms with E-state index in [0.717, 1.165) is 0 Å². The Bertz CT molecular complexity index is 235. The van der Waals surface area contributed by atoms with E-state index in [0.29, 0.717) is 5.16 Å². The van der Waals surface area contributed by atoms with Crippen LogP contribution in [0.2, 0.25) is 0 Å². The summed E-state index contributed by atoms with van der Waals surface area (Å²) in [5.74, 6) is -0.827. The number of thioether (sulfide) groups is 1. The van der Waals surface area contributed by atoms with Crippen LogP contribution in [0.4, 0.5) is 0 Å². The number of carboxylic acid groups (broad SMARTS) is 1. The largest absolute Gasteiger partial charge is 0.480 e. The zero-order valence-corrected chi connectivity index (χ0v) is 6.76. The van der Waals surface area contributed by atoms with Crippen LogP contribution in [0, 0.1) is 0 Å². The highest BCUT2D eigenvalue weighted by molar-refractivity contribution is 8.00. The number of hydrogen-bond donors (Lipinski definition) is 2. The summed E-state index contributed by atoms with van der Waals surface area (Å²) in [5, 5.41) is 8.70. The Hall–Kier alpha value is -0.970. The fourth-order valence-electron chi connectivity index (χ4n) is 0.533. The van der Waals surface area contributed by atoms with Gasteiger partial charge in [0.25, 0.3) is 0 Å². The molecule has 0 radical (unpaired) electrons. The van der Waals surface area contributed by atoms with Crippen molar-refractivity contribution in [3.63, 3.8) is 0 Å². The summed E-state index contributed by atoms with van der Waals surface area (Å²) in [7, 11) is 0. The first-order valence-corrected chi connectivity index (χ1v) is 3.97. The maximum absolute atomic E-state index is 10.4. The van der Waals surface area contributed by atoms with Gasteiger partial charge in [0, 0.05) is 12.4 Å². The molecule has 0 saturated carbocycles. The van der Waals surface area contributed by atoms with Gasteiger partial charge >= 0.3 is 5.97 Å². The van der Waals surface area contributed by atoms with Crippen LogP contribution in [0.15, 0.2) is 17.6 Å². The van der Waals surface area contributed by atoms with E-state index in [1.54, 1.807) is 19.3 Å². The molecule has 1 heterocycles. The zero-order valence-electron chi connectivity index (χ0n) is 5.94. The number of nitrogens with zero attached hydrogens (tertiary/aromatic N) is 1. The fraction of sp³-hybridized carbons (Fsp3) is 0.333. The minimum Gasteiger partial charge on any atom is -0.480 e. The quantitative estimate of drug-likeness (QED) is 0.667. The lowest BCUT2D eigenvalue weighted by molar-refractivity contribution is -0.136. The van der Waals surface area contributed by atoms with E-state index in [2.05, 4.69) is 9.97 Å². The first-order valence-electron chi connectivity index (χ1n) is 3.09. The number of aromatic amines is 1. The van der Waals surface area contributed by atoms with Crippen molar-refractivity contribution in [1.29, 1.82) is 0 Å². The molecule has 0 aromatic carbocycles. The van der Waals surface area contributed by atoms with Crippen LogP contribution in [0.5, 0.6) is 0 Å². The summed E-state index contributed by atoms with van der Waals surface area (Å²) in [6, 6.07) is 0. The Morgan fingerprint density at radius 3 is 3.09 bits per heavy atom. The van der Waals surface area contributed by atoms with E-state index in [1.807, 2.05) is 0 Å². The second-order valence-corrected chi connectivity index (χ2v) is 3.32. The third-order valence-corrected chi connectivity index (χ3v) is 2.11. The van der Waals surface area contributed by atoms with Gasteiger partial charge in [0.05, 0.1) is 0 Å². The molecule has 1 aromatic heterocycles. The second kappa shape index (κ2) is 3.43. The zero-order chi connectivity index (χ0) is 8.27. The minimum absolute atomic E-state index is 0.457. The number of rotatable bonds is 3. The van der Waals surface area contributed by atoms with Gasteiger partial charge in [-0.1, -0.05) is 11.8 Å². The second-order valence-electron chi connectivity index (χ2n) is 1.99. The molecule has 0 aliphatic rings. The van der Waals surface area contributed by atoms with Crippen molar-refractivity contribution < 1.29 is 9.90 Å². The van der Waals surface area contributed by atoms with E-state index < -0.39 is 11.2 Å². The van der Waals surface area contributed by atoms with Gasteiger partial charge in [-0.3, -0.25) is 4.79 Å². The minimum atomic E-state index is -0.827. The highest BCUT2D eigenvalue weighted by Gasteiger charge is 2.12. The molecule has 5 heteroatoms.